The Labute approximate surface area is 79.3 Å². The minimum absolute atomic E-state index is 0.220. The van der Waals surface area contributed by atoms with Crippen LogP contribution in [0.3, 0.4) is 0 Å². The lowest BCUT2D eigenvalue weighted by molar-refractivity contribution is 0.0593. The van der Waals surface area contributed by atoms with Gasteiger partial charge in [-0.3, -0.25) is 0 Å². The first-order valence-electron chi connectivity index (χ1n) is 3.89. The van der Waals surface area contributed by atoms with Crippen molar-refractivity contribution in [2.75, 3.05) is 12.8 Å². The molecular formula is C8H8N4O2. The molecule has 0 aromatic carbocycles. The molecular weight excluding hydrogens is 184 g/mol. The molecule has 6 nitrogen and oxygen atoms in total. The molecule has 0 bridgehead atoms. The molecule has 0 atom stereocenters. The smallest absolute Gasteiger partial charge is 0.358 e. The standard InChI is InChI=1S/C8H8N4O2/c1-14-8(13)5-3-12-4-6(9)11-7(12)2-10-5/h2-4H,9H2,1H3. The van der Waals surface area contributed by atoms with Crippen LogP contribution in [0.4, 0.5) is 5.82 Å². The number of fused-ring (bicyclic) bond motifs is 1. The van der Waals surface area contributed by atoms with E-state index in [4.69, 9.17) is 5.73 Å². The predicted octanol–water partition coefficient (Wildman–Crippen LogP) is 0.0981. The number of nitrogens with zero attached hydrogens (tertiary/aromatic N) is 3. The van der Waals surface area contributed by atoms with Gasteiger partial charge in [0.25, 0.3) is 0 Å². The maximum Gasteiger partial charge on any atom is 0.358 e. The van der Waals surface area contributed by atoms with E-state index in [0.29, 0.717) is 11.5 Å². The quantitative estimate of drug-likeness (QED) is 0.648. The van der Waals surface area contributed by atoms with Gasteiger partial charge < -0.3 is 14.9 Å². The Hall–Kier alpha value is -2.11. The Bertz CT molecular complexity index is 491. The van der Waals surface area contributed by atoms with Crippen LogP contribution >= 0.6 is 0 Å². The van der Waals surface area contributed by atoms with Gasteiger partial charge in [0.2, 0.25) is 0 Å². The van der Waals surface area contributed by atoms with Crippen LogP contribution in [0.15, 0.2) is 18.6 Å². The second-order valence-electron chi connectivity index (χ2n) is 2.70. The maximum atomic E-state index is 11.1. The summed E-state index contributed by atoms with van der Waals surface area (Å²) in [5.74, 6) is -0.104. The summed E-state index contributed by atoms with van der Waals surface area (Å²) in [6, 6.07) is 0. The molecule has 0 unspecified atom stereocenters. The molecule has 0 saturated heterocycles. The normalized spacial score (nSPS) is 10.4. The highest BCUT2D eigenvalue weighted by atomic mass is 16.5. The van der Waals surface area contributed by atoms with Gasteiger partial charge >= 0.3 is 5.97 Å². The van der Waals surface area contributed by atoms with Crippen molar-refractivity contribution < 1.29 is 9.53 Å². The Morgan fingerprint density at radius 1 is 1.57 bits per heavy atom. The van der Waals surface area contributed by atoms with Crippen molar-refractivity contribution in [3.8, 4) is 0 Å². The van der Waals surface area contributed by atoms with Crippen molar-refractivity contribution in [3.63, 3.8) is 0 Å². The third-order valence-electron chi connectivity index (χ3n) is 1.75. The first-order valence-corrected chi connectivity index (χ1v) is 3.89. The van der Waals surface area contributed by atoms with Crippen LogP contribution < -0.4 is 5.73 Å². The molecule has 0 aliphatic heterocycles. The number of rotatable bonds is 1. The van der Waals surface area contributed by atoms with E-state index in [1.54, 1.807) is 10.6 Å². The van der Waals surface area contributed by atoms with Crippen molar-refractivity contribution in [1.29, 1.82) is 0 Å². The summed E-state index contributed by atoms with van der Waals surface area (Å²) in [5.41, 5.74) is 6.29. The monoisotopic (exact) mass is 192 g/mol. The van der Waals surface area contributed by atoms with E-state index in [1.165, 1.54) is 19.5 Å². The molecule has 72 valence electrons. The number of nitrogens with two attached hydrogens (primary N) is 1. The van der Waals surface area contributed by atoms with Crippen molar-refractivity contribution in [3.05, 3.63) is 24.3 Å². The first kappa shape index (κ1) is 8.49. The second kappa shape index (κ2) is 2.99. The fourth-order valence-electron chi connectivity index (χ4n) is 1.13. The van der Waals surface area contributed by atoms with Gasteiger partial charge in [0, 0.05) is 6.20 Å². The highest BCUT2D eigenvalue weighted by Gasteiger charge is 2.08. The molecule has 6 heteroatoms. The summed E-state index contributed by atoms with van der Waals surface area (Å²) in [5, 5.41) is 0. The van der Waals surface area contributed by atoms with Crippen molar-refractivity contribution in [1.82, 2.24) is 14.4 Å². The van der Waals surface area contributed by atoms with Crippen LogP contribution in [-0.2, 0) is 4.74 Å². The zero-order valence-corrected chi connectivity index (χ0v) is 7.47. The number of hydrogen-bond acceptors (Lipinski definition) is 5. The molecule has 0 aliphatic rings. The van der Waals surface area contributed by atoms with Gasteiger partial charge in [-0.25, -0.2) is 14.8 Å². The Morgan fingerprint density at radius 3 is 3.07 bits per heavy atom. The number of anilines is 1. The summed E-state index contributed by atoms with van der Waals surface area (Å²) in [4.78, 5) is 19.0. The Morgan fingerprint density at radius 2 is 2.36 bits per heavy atom. The second-order valence-corrected chi connectivity index (χ2v) is 2.70. The number of hydrogen-bond donors (Lipinski definition) is 1. The van der Waals surface area contributed by atoms with Crippen LogP contribution in [0.2, 0.25) is 0 Å². The van der Waals surface area contributed by atoms with Crippen LogP contribution in [0.1, 0.15) is 10.5 Å². The molecule has 2 N–H and O–H groups in total. The number of methoxy groups -OCH3 is 1. The van der Waals surface area contributed by atoms with Gasteiger partial charge in [-0.05, 0) is 0 Å². The number of carbonyl (C=O) groups excluding carboxylic acids is 1. The average Bonchev–Trinajstić information content (AvgIpc) is 2.55. The van der Waals surface area contributed by atoms with Gasteiger partial charge in [0.05, 0.1) is 19.5 Å². The highest BCUT2D eigenvalue weighted by molar-refractivity contribution is 5.86. The van der Waals surface area contributed by atoms with Crippen LogP contribution in [0.25, 0.3) is 5.65 Å². The van der Waals surface area contributed by atoms with E-state index in [0.717, 1.165) is 0 Å². The lowest BCUT2D eigenvalue weighted by Crippen LogP contribution is -2.05. The van der Waals surface area contributed by atoms with Crippen molar-refractivity contribution in [2.45, 2.75) is 0 Å². The van der Waals surface area contributed by atoms with E-state index in [-0.39, 0.29) is 5.69 Å². The first-order chi connectivity index (χ1) is 6.70. The summed E-state index contributed by atoms with van der Waals surface area (Å²) < 4.78 is 6.15. The molecule has 2 rings (SSSR count). The minimum atomic E-state index is -0.487. The van der Waals surface area contributed by atoms with Crippen LogP contribution in [0, 0.1) is 0 Å². The van der Waals surface area contributed by atoms with E-state index < -0.39 is 5.97 Å². The molecule has 0 aliphatic carbocycles. The third kappa shape index (κ3) is 1.26. The summed E-state index contributed by atoms with van der Waals surface area (Å²) >= 11 is 0. The lowest BCUT2D eigenvalue weighted by Gasteiger charge is -1.98. The van der Waals surface area contributed by atoms with Crippen LogP contribution in [-0.4, -0.2) is 27.4 Å². The number of ether oxygens (including phenoxy) is 1. The SMILES string of the molecule is COC(=O)c1cn2cc(N)nc2cn1. The number of carbonyl (C=O) groups is 1. The average molecular weight is 192 g/mol. The Kier molecular flexibility index (Phi) is 1.81. The summed E-state index contributed by atoms with van der Waals surface area (Å²) in [6.45, 7) is 0. The van der Waals surface area contributed by atoms with E-state index >= 15 is 0 Å². The summed E-state index contributed by atoms with van der Waals surface area (Å²) in [7, 11) is 1.30. The highest BCUT2D eigenvalue weighted by Crippen LogP contribution is 2.06. The molecule has 0 radical (unpaired) electrons. The van der Waals surface area contributed by atoms with Crippen molar-refractivity contribution in [2.24, 2.45) is 0 Å². The van der Waals surface area contributed by atoms with Gasteiger partial charge in [-0.15, -0.1) is 0 Å². The fourth-order valence-corrected chi connectivity index (χ4v) is 1.13. The molecule has 2 aromatic heterocycles. The largest absolute Gasteiger partial charge is 0.464 e. The van der Waals surface area contributed by atoms with Crippen molar-refractivity contribution >= 4 is 17.4 Å². The molecule has 14 heavy (non-hydrogen) atoms. The predicted molar refractivity (Wildman–Crippen MR) is 48.7 cm³/mol. The molecule has 2 heterocycles. The van der Waals surface area contributed by atoms with Gasteiger partial charge in [-0.2, -0.15) is 0 Å². The third-order valence-corrected chi connectivity index (χ3v) is 1.75. The molecule has 0 fully saturated rings. The van der Waals surface area contributed by atoms with E-state index in [2.05, 4.69) is 14.7 Å². The zero-order valence-electron chi connectivity index (χ0n) is 7.47. The van der Waals surface area contributed by atoms with Crippen LogP contribution in [0.5, 0.6) is 0 Å². The topological polar surface area (TPSA) is 82.5 Å². The molecule has 2 aromatic rings. The van der Waals surface area contributed by atoms with Gasteiger partial charge in [-0.1, -0.05) is 0 Å². The lowest BCUT2D eigenvalue weighted by atomic mass is 10.4. The summed E-state index contributed by atoms with van der Waals surface area (Å²) in [6.07, 6.45) is 4.58. The molecule has 0 saturated carbocycles. The number of aromatic nitrogens is 3. The van der Waals surface area contributed by atoms with E-state index in [1.807, 2.05) is 0 Å². The van der Waals surface area contributed by atoms with Gasteiger partial charge in [0.15, 0.2) is 11.3 Å². The molecule has 0 spiro atoms. The fraction of sp³-hybridized carbons (Fsp3) is 0.125. The molecule has 0 amide bonds. The van der Waals surface area contributed by atoms with E-state index in [9.17, 15) is 4.79 Å². The maximum absolute atomic E-state index is 11.1. The zero-order chi connectivity index (χ0) is 10.1. The number of nitrogen functional groups attached to an aromatic ring is 1. The van der Waals surface area contributed by atoms with Gasteiger partial charge in [0.1, 0.15) is 5.82 Å². The Balaban J connectivity index is 2.55. The number of esters is 1. The minimum Gasteiger partial charge on any atom is -0.464 e. The number of imidazole rings is 1.